The predicted molar refractivity (Wildman–Crippen MR) is 115 cm³/mol. The predicted octanol–water partition coefficient (Wildman–Crippen LogP) is 6.26. The number of hydrogen-bond acceptors (Lipinski definition) is 5. The third-order valence-corrected chi connectivity index (χ3v) is 5.19. The van der Waals surface area contributed by atoms with Gasteiger partial charge in [0.05, 0.1) is 0 Å². The van der Waals surface area contributed by atoms with E-state index in [2.05, 4.69) is 14.8 Å². The number of carbonyl (C=O) groups excluding carboxylic acids is 1. The minimum absolute atomic E-state index is 0.0547. The van der Waals surface area contributed by atoms with Crippen LogP contribution in [0, 0.1) is 0 Å². The maximum Gasteiger partial charge on any atom is 0.573 e. The largest absolute Gasteiger partial charge is 0.573 e. The van der Waals surface area contributed by atoms with E-state index in [-0.39, 0.29) is 18.0 Å². The van der Waals surface area contributed by atoms with Crippen molar-refractivity contribution in [1.29, 1.82) is 0 Å². The van der Waals surface area contributed by atoms with E-state index in [9.17, 15) is 31.1 Å². The van der Waals surface area contributed by atoms with Gasteiger partial charge in [-0.05, 0) is 55.8 Å². The number of piperidine rings is 1. The van der Waals surface area contributed by atoms with Gasteiger partial charge in [-0.2, -0.15) is 13.2 Å². The first-order valence-corrected chi connectivity index (χ1v) is 10.8. The first-order valence-electron chi connectivity index (χ1n) is 10.4. The highest BCUT2D eigenvalue weighted by Gasteiger charge is 2.44. The van der Waals surface area contributed by atoms with Crippen molar-refractivity contribution in [2.75, 3.05) is 25.0 Å². The van der Waals surface area contributed by atoms with Crippen LogP contribution in [-0.4, -0.2) is 55.4 Å². The first-order chi connectivity index (χ1) is 16.4. The van der Waals surface area contributed by atoms with Gasteiger partial charge in [-0.15, -0.1) is 13.2 Å². The van der Waals surface area contributed by atoms with Gasteiger partial charge >= 0.3 is 18.6 Å². The van der Waals surface area contributed by atoms with Crippen molar-refractivity contribution in [3.63, 3.8) is 0 Å². The van der Waals surface area contributed by atoms with Gasteiger partial charge in [0.15, 0.2) is 0 Å². The third kappa shape index (κ3) is 9.02. The molecule has 0 saturated carbocycles. The summed E-state index contributed by atoms with van der Waals surface area (Å²) in [5.41, 5.74) is 0.212. The average Bonchev–Trinajstić information content (AvgIpc) is 2.74. The van der Waals surface area contributed by atoms with Crippen molar-refractivity contribution < 1.29 is 45.3 Å². The Morgan fingerprint density at radius 3 is 2.43 bits per heavy atom. The molecule has 35 heavy (non-hydrogen) atoms. The Bertz CT molecular complexity index is 987. The van der Waals surface area contributed by atoms with Crippen LogP contribution in [-0.2, 0) is 4.74 Å². The van der Waals surface area contributed by atoms with Crippen LogP contribution in [0.4, 0.5) is 36.8 Å². The van der Waals surface area contributed by atoms with E-state index in [0.29, 0.717) is 24.4 Å². The zero-order chi connectivity index (χ0) is 25.6. The minimum Gasteiger partial charge on any atom is -0.489 e. The van der Waals surface area contributed by atoms with Crippen molar-refractivity contribution in [3.8, 4) is 11.5 Å². The molecule has 2 aromatic rings. The number of carbonyl (C=O) groups is 1. The second-order valence-corrected chi connectivity index (χ2v) is 8.17. The zero-order valence-electron chi connectivity index (χ0n) is 18.0. The molecule has 1 N–H and O–H groups in total. The number of amides is 1. The summed E-state index contributed by atoms with van der Waals surface area (Å²) in [6, 6.07) is 10.6. The molecule has 1 aliphatic heterocycles. The molecule has 1 fully saturated rings. The van der Waals surface area contributed by atoms with Crippen LogP contribution >= 0.6 is 11.6 Å². The molecule has 192 valence electrons. The molecule has 1 heterocycles. The fourth-order valence-electron chi connectivity index (χ4n) is 3.46. The molecule has 2 aromatic carbocycles. The number of nitrogens with zero attached hydrogens (tertiary/aromatic N) is 1. The topological polar surface area (TPSA) is 60.0 Å². The molecular weight excluding hydrogens is 506 g/mol. The summed E-state index contributed by atoms with van der Waals surface area (Å²) >= 11 is 5.74. The molecular formula is C22H21ClF6N2O4. The smallest absolute Gasteiger partial charge is 0.489 e. The van der Waals surface area contributed by atoms with Gasteiger partial charge in [0.25, 0.3) is 0 Å². The lowest BCUT2D eigenvalue weighted by Gasteiger charge is -2.35. The van der Waals surface area contributed by atoms with Crippen molar-refractivity contribution in [1.82, 2.24) is 4.90 Å². The Balaban J connectivity index is 1.58. The van der Waals surface area contributed by atoms with Gasteiger partial charge in [-0.25, -0.2) is 4.79 Å². The summed E-state index contributed by atoms with van der Waals surface area (Å²) in [5, 5.41) is 2.60. The number of benzene rings is 2. The standard InChI is InChI=1S/C22H21ClF6N2O4/c23-14-6-8-15(9-7-14)30-20(32)34-19(21(24,25)26)13-31-10-2-5-18(12-31)33-16-3-1-4-17(11-16)35-22(27,28)29/h1,3-4,6-9,11,18-19H,2,5,10,12-13H2,(H,30,32). The van der Waals surface area contributed by atoms with E-state index in [1.54, 1.807) is 0 Å². The molecule has 1 aliphatic rings. The molecule has 0 bridgehead atoms. The minimum atomic E-state index is -4.87. The molecule has 2 unspecified atom stereocenters. The number of nitrogens with one attached hydrogen (secondary N) is 1. The number of ether oxygens (including phenoxy) is 3. The summed E-state index contributed by atoms with van der Waals surface area (Å²) < 4.78 is 92.1. The molecule has 0 radical (unpaired) electrons. The Morgan fingerprint density at radius 2 is 1.77 bits per heavy atom. The molecule has 2 atom stereocenters. The summed E-state index contributed by atoms with van der Waals surface area (Å²) in [5.74, 6) is -0.385. The Morgan fingerprint density at radius 1 is 1.09 bits per heavy atom. The lowest BCUT2D eigenvalue weighted by atomic mass is 10.1. The molecule has 6 nitrogen and oxygen atoms in total. The number of likely N-dealkylation sites (tertiary alicyclic amines) is 1. The van der Waals surface area contributed by atoms with Crippen molar-refractivity contribution in [3.05, 3.63) is 53.6 Å². The lowest BCUT2D eigenvalue weighted by Crippen LogP contribution is -2.49. The van der Waals surface area contributed by atoms with Gasteiger partial charge in [0.1, 0.15) is 17.6 Å². The van der Waals surface area contributed by atoms with E-state index in [4.69, 9.17) is 16.3 Å². The van der Waals surface area contributed by atoms with Crippen LogP contribution in [0.5, 0.6) is 11.5 Å². The lowest BCUT2D eigenvalue weighted by molar-refractivity contribution is -0.274. The van der Waals surface area contributed by atoms with Crippen LogP contribution in [0.15, 0.2) is 48.5 Å². The second kappa shape index (κ2) is 11.3. The highest BCUT2D eigenvalue weighted by atomic mass is 35.5. The highest BCUT2D eigenvalue weighted by Crippen LogP contribution is 2.29. The van der Waals surface area contributed by atoms with Crippen molar-refractivity contribution >= 4 is 23.4 Å². The summed E-state index contributed by atoms with van der Waals surface area (Å²) in [6.45, 7) is -0.278. The van der Waals surface area contributed by atoms with Gasteiger partial charge in [0, 0.05) is 29.9 Å². The Hall–Kier alpha value is -2.86. The van der Waals surface area contributed by atoms with E-state index in [1.807, 2.05) is 0 Å². The third-order valence-electron chi connectivity index (χ3n) is 4.93. The fraction of sp³-hybridized carbons (Fsp3) is 0.409. The summed E-state index contributed by atoms with van der Waals surface area (Å²) in [6.07, 6.45) is -13.0. The number of rotatable bonds is 7. The number of anilines is 1. The maximum absolute atomic E-state index is 13.6. The van der Waals surface area contributed by atoms with Gasteiger partial charge in [0.2, 0.25) is 6.10 Å². The van der Waals surface area contributed by atoms with Crippen LogP contribution in [0.1, 0.15) is 12.8 Å². The normalized spacial score (nSPS) is 18.0. The number of alkyl halides is 6. The monoisotopic (exact) mass is 526 g/mol. The van der Waals surface area contributed by atoms with E-state index in [0.717, 1.165) is 12.1 Å². The van der Waals surface area contributed by atoms with Crippen LogP contribution in [0.3, 0.4) is 0 Å². The fourth-order valence-corrected chi connectivity index (χ4v) is 3.59. The second-order valence-electron chi connectivity index (χ2n) is 7.73. The molecule has 1 amide bonds. The number of halogens is 7. The zero-order valence-corrected chi connectivity index (χ0v) is 18.8. The van der Waals surface area contributed by atoms with E-state index in [1.165, 1.54) is 41.3 Å². The van der Waals surface area contributed by atoms with Crippen LogP contribution in [0.25, 0.3) is 0 Å². The average molecular weight is 527 g/mol. The van der Waals surface area contributed by atoms with E-state index < -0.39 is 43.1 Å². The van der Waals surface area contributed by atoms with Gasteiger partial charge in [-0.1, -0.05) is 17.7 Å². The molecule has 0 aliphatic carbocycles. The molecule has 0 spiro atoms. The first kappa shape index (κ1) is 26.7. The van der Waals surface area contributed by atoms with E-state index >= 15 is 0 Å². The molecule has 0 aromatic heterocycles. The quantitative estimate of drug-likeness (QED) is 0.431. The maximum atomic E-state index is 13.6. The van der Waals surface area contributed by atoms with Crippen LogP contribution in [0.2, 0.25) is 5.02 Å². The Labute approximate surface area is 201 Å². The van der Waals surface area contributed by atoms with Gasteiger partial charge < -0.3 is 14.2 Å². The molecule has 13 heteroatoms. The van der Waals surface area contributed by atoms with Crippen molar-refractivity contribution in [2.45, 2.75) is 37.6 Å². The number of hydrogen-bond donors (Lipinski definition) is 1. The van der Waals surface area contributed by atoms with Crippen molar-refractivity contribution in [2.24, 2.45) is 0 Å². The SMILES string of the molecule is O=C(Nc1ccc(Cl)cc1)OC(CN1CCCC(Oc2cccc(OC(F)(F)F)c2)C1)C(F)(F)F. The summed E-state index contributed by atoms with van der Waals surface area (Å²) in [4.78, 5) is 13.5. The summed E-state index contributed by atoms with van der Waals surface area (Å²) in [7, 11) is 0. The highest BCUT2D eigenvalue weighted by molar-refractivity contribution is 6.30. The molecule has 1 saturated heterocycles. The van der Waals surface area contributed by atoms with Gasteiger partial charge in [-0.3, -0.25) is 10.2 Å². The van der Waals surface area contributed by atoms with Crippen LogP contribution < -0.4 is 14.8 Å². The Kier molecular flexibility index (Phi) is 8.60. The molecule has 3 rings (SSSR count).